The highest BCUT2D eigenvalue weighted by molar-refractivity contribution is 5.75. The molecular formula is C17H20N2O2. The van der Waals surface area contributed by atoms with E-state index in [0.29, 0.717) is 6.42 Å². The first-order chi connectivity index (χ1) is 10.3. The van der Waals surface area contributed by atoms with Crippen LogP contribution in [0, 0.1) is 0 Å². The maximum atomic E-state index is 11.1. The lowest BCUT2D eigenvalue weighted by atomic mass is 10.2. The van der Waals surface area contributed by atoms with Gasteiger partial charge in [0.05, 0.1) is 0 Å². The van der Waals surface area contributed by atoms with Crippen molar-refractivity contribution in [2.45, 2.75) is 12.8 Å². The monoisotopic (exact) mass is 284 g/mol. The summed E-state index contributed by atoms with van der Waals surface area (Å²) < 4.78 is 5.78. The lowest BCUT2D eigenvalue weighted by molar-refractivity contribution is -0.120. The summed E-state index contributed by atoms with van der Waals surface area (Å²) in [6, 6.07) is 17.5. The van der Waals surface area contributed by atoms with Crippen LogP contribution in [0.2, 0.25) is 0 Å². The van der Waals surface area contributed by atoms with Gasteiger partial charge < -0.3 is 15.4 Å². The number of hydrogen-bond acceptors (Lipinski definition) is 3. The van der Waals surface area contributed by atoms with E-state index in [-0.39, 0.29) is 5.91 Å². The Morgan fingerprint density at radius 1 is 1.05 bits per heavy atom. The number of carbonyl (C=O) groups is 1. The maximum Gasteiger partial charge on any atom is 0.219 e. The predicted octanol–water partition coefficient (Wildman–Crippen LogP) is 3.42. The van der Waals surface area contributed by atoms with Crippen LogP contribution in [0.5, 0.6) is 11.5 Å². The molecule has 0 fully saturated rings. The van der Waals surface area contributed by atoms with Crippen molar-refractivity contribution in [3.05, 3.63) is 54.6 Å². The average molecular weight is 284 g/mol. The Hall–Kier alpha value is -2.49. The zero-order valence-corrected chi connectivity index (χ0v) is 12.1. The topological polar surface area (TPSA) is 50.4 Å². The lowest BCUT2D eigenvalue weighted by Gasteiger charge is -2.09. The number of nitrogens with one attached hydrogen (secondary N) is 2. The van der Waals surface area contributed by atoms with Crippen molar-refractivity contribution in [3.8, 4) is 11.5 Å². The van der Waals surface area contributed by atoms with Gasteiger partial charge in [0, 0.05) is 31.8 Å². The Balaban J connectivity index is 1.85. The van der Waals surface area contributed by atoms with E-state index in [1.807, 2.05) is 54.6 Å². The molecule has 0 saturated heterocycles. The summed E-state index contributed by atoms with van der Waals surface area (Å²) in [6.07, 6.45) is 1.33. The van der Waals surface area contributed by atoms with Gasteiger partial charge in [-0.15, -0.1) is 0 Å². The van der Waals surface area contributed by atoms with Gasteiger partial charge in [-0.25, -0.2) is 0 Å². The van der Waals surface area contributed by atoms with Crippen LogP contribution in [-0.4, -0.2) is 19.5 Å². The standard InChI is InChI=1S/C17H20N2O2/c1-18-17(20)11-6-12-19-14-7-5-10-16(13-14)21-15-8-3-2-4-9-15/h2-5,7-10,13,19H,6,11-12H2,1H3,(H,18,20). The summed E-state index contributed by atoms with van der Waals surface area (Å²) in [5.74, 6) is 1.67. The van der Waals surface area contributed by atoms with Crippen molar-refractivity contribution in [3.63, 3.8) is 0 Å². The van der Waals surface area contributed by atoms with Gasteiger partial charge in [-0.1, -0.05) is 24.3 Å². The molecule has 0 spiro atoms. The van der Waals surface area contributed by atoms with Crippen molar-refractivity contribution >= 4 is 11.6 Å². The third-order valence-electron chi connectivity index (χ3n) is 3.00. The quantitative estimate of drug-likeness (QED) is 0.766. The van der Waals surface area contributed by atoms with Gasteiger partial charge in [0.15, 0.2) is 0 Å². The first-order valence-electron chi connectivity index (χ1n) is 7.05. The molecule has 21 heavy (non-hydrogen) atoms. The molecule has 0 aliphatic heterocycles. The molecule has 0 aliphatic carbocycles. The third kappa shape index (κ3) is 5.18. The summed E-state index contributed by atoms with van der Waals surface area (Å²) in [6.45, 7) is 0.752. The summed E-state index contributed by atoms with van der Waals surface area (Å²) >= 11 is 0. The van der Waals surface area contributed by atoms with Crippen LogP contribution in [-0.2, 0) is 4.79 Å². The second kappa shape index (κ2) is 7.94. The fraction of sp³-hybridized carbons (Fsp3) is 0.235. The van der Waals surface area contributed by atoms with Gasteiger partial charge >= 0.3 is 0 Å². The number of anilines is 1. The molecule has 0 bridgehead atoms. The Bertz CT molecular complexity index is 570. The number of amides is 1. The van der Waals surface area contributed by atoms with Crippen molar-refractivity contribution in [1.82, 2.24) is 5.32 Å². The lowest BCUT2D eigenvalue weighted by Crippen LogP contribution is -2.18. The molecule has 2 N–H and O–H groups in total. The minimum Gasteiger partial charge on any atom is -0.457 e. The Labute approximate surface area is 125 Å². The minimum atomic E-state index is 0.0676. The number of ether oxygens (including phenoxy) is 1. The summed E-state index contributed by atoms with van der Waals surface area (Å²) in [7, 11) is 1.65. The largest absolute Gasteiger partial charge is 0.457 e. The van der Waals surface area contributed by atoms with Crippen LogP contribution in [0.3, 0.4) is 0 Å². The Kier molecular flexibility index (Phi) is 5.64. The zero-order valence-electron chi connectivity index (χ0n) is 12.1. The fourth-order valence-electron chi connectivity index (χ4n) is 1.90. The molecule has 0 saturated carbocycles. The molecule has 0 aromatic heterocycles. The Morgan fingerprint density at radius 2 is 1.81 bits per heavy atom. The second-order valence-electron chi connectivity index (χ2n) is 4.65. The zero-order chi connectivity index (χ0) is 14.9. The molecule has 4 heteroatoms. The minimum absolute atomic E-state index is 0.0676. The molecule has 0 radical (unpaired) electrons. The molecule has 2 aromatic rings. The van der Waals surface area contributed by atoms with E-state index >= 15 is 0 Å². The number of carbonyl (C=O) groups excluding carboxylic acids is 1. The number of benzene rings is 2. The van der Waals surface area contributed by atoms with Crippen LogP contribution in [0.4, 0.5) is 5.69 Å². The summed E-state index contributed by atoms with van der Waals surface area (Å²) in [5, 5.41) is 5.90. The molecule has 4 nitrogen and oxygen atoms in total. The van der Waals surface area contributed by atoms with Crippen LogP contribution >= 0.6 is 0 Å². The van der Waals surface area contributed by atoms with E-state index in [1.54, 1.807) is 7.05 Å². The highest BCUT2D eigenvalue weighted by Gasteiger charge is 2.00. The number of rotatable bonds is 7. The number of para-hydroxylation sites is 1. The fourth-order valence-corrected chi connectivity index (χ4v) is 1.90. The third-order valence-corrected chi connectivity index (χ3v) is 3.00. The normalized spacial score (nSPS) is 9.95. The molecule has 0 atom stereocenters. The van der Waals surface area contributed by atoms with E-state index in [2.05, 4.69) is 10.6 Å². The SMILES string of the molecule is CNC(=O)CCCNc1cccc(Oc2ccccc2)c1. The number of hydrogen-bond donors (Lipinski definition) is 2. The van der Waals surface area contributed by atoms with Gasteiger partial charge in [0.1, 0.15) is 11.5 Å². The van der Waals surface area contributed by atoms with Gasteiger partial charge in [0.25, 0.3) is 0 Å². The molecule has 2 aromatic carbocycles. The molecule has 110 valence electrons. The van der Waals surface area contributed by atoms with Gasteiger partial charge in [-0.2, -0.15) is 0 Å². The van der Waals surface area contributed by atoms with Gasteiger partial charge in [-0.05, 0) is 30.7 Å². The predicted molar refractivity (Wildman–Crippen MR) is 84.7 cm³/mol. The van der Waals surface area contributed by atoms with Gasteiger partial charge in [-0.3, -0.25) is 4.79 Å². The highest BCUT2D eigenvalue weighted by atomic mass is 16.5. The van der Waals surface area contributed by atoms with Crippen LogP contribution in [0.15, 0.2) is 54.6 Å². The van der Waals surface area contributed by atoms with Crippen LogP contribution in [0.25, 0.3) is 0 Å². The first kappa shape index (κ1) is 14.9. The van der Waals surface area contributed by atoms with E-state index < -0.39 is 0 Å². The maximum absolute atomic E-state index is 11.1. The first-order valence-corrected chi connectivity index (χ1v) is 7.05. The van der Waals surface area contributed by atoms with E-state index in [9.17, 15) is 4.79 Å². The Morgan fingerprint density at radius 3 is 2.57 bits per heavy atom. The smallest absolute Gasteiger partial charge is 0.219 e. The molecule has 2 rings (SSSR count). The molecular weight excluding hydrogens is 264 g/mol. The van der Waals surface area contributed by atoms with Crippen molar-refractivity contribution in [2.24, 2.45) is 0 Å². The van der Waals surface area contributed by atoms with Crippen molar-refractivity contribution in [2.75, 3.05) is 18.9 Å². The van der Waals surface area contributed by atoms with E-state index in [4.69, 9.17) is 4.74 Å². The van der Waals surface area contributed by atoms with Crippen molar-refractivity contribution in [1.29, 1.82) is 0 Å². The van der Waals surface area contributed by atoms with Gasteiger partial charge in [0.2, 0.25) is 5.91 Å². The van der Waals surface area contributed by atoms with Crippen molar-refractivity contribution < 1.29 is 9.53 Å². The van der Waals surface area contributed by atoms with E-state index in [1.165, 1.54) is 0 Å². The molecule has 1 amide bonds. The van der Waals surface area contributed by atoms with E-state index in [0.717, 1.165) is 30.2 Å². The second-order valence-corrected chi connectivity index (χ2v) is 4.65. The average Bonchev–Trinajstić information content (AvgIpc) is 2.52. The summed E-state index contributed by atoms with van der Waals surface area (Å²) in [5.41, 5.74) is 0.986. The molecule has 0 aliphatic rings. The summed E-state index contributed by atoms with van der Waals surface area (Å²) in [4.78, 5) is 11.1. The highest BCUT2D eigenvalue weighted by Crippen LogP contribution is 2.23. The van der Waals surface area contributed by atoms with Crippen LogP contribution in [0.1, 0.15) is 12.8 Å². The molecule has 0 unspecified atom stereocenters. The molecule has 0 heterocycles. The van der Waals surface area contributed by atoms with Crippen LogP contribution < -0.4 is 15.4 Å².